The smallest absolute Gasteiger partial charge is 0.234 e. The third kappa shape index (κ3) is 2.60. The number of rotatable bonds is 3. The van der Waals surface area contributed by atoms with Gasteiger partial charge in [0.25, 0.3) is 0 Å². The zero-order valence-corrected chi connectivity index (χ0v) is 10.8. The van der Waals surface area contributed by atoms with E-state index in [1.165, 1.54) is 11.8 Å². The maximum absolute atomic E-state index is 11.8. The van der Waals surface area contributed by atoms with E-state index in [1.807, 2.05) is 0 Å². The zero-order valence-electron chi connectivity index (χ0n) is 9.97. The molecule has 19 heavy (non-hydrogen) atoms. The molecule has 0 aromatic heterocycles. The average molecular weight is 280 g/mol. The van der Waals surface area contributed by atoms with Gasteiger partial charge in [-0.1, -0.05) is 0 Å². The molecule has 0 saturated carbocycles. The van der Waals surface area contributed by atoms with Crippen LogP contribution in [0.5, 0.6) is 11.5 Å². The molecule has 2 aliphatic rings. The Kier molecular flexibility index (Phi) is 3.20. The quantitative estimate of drug-likeness (QED) is 0.861. The molecule has 0 spiro atoms. The number of carbonyl (C=O) groups is 2. The number of ether oxygens (including phenoxy) is 2. The highest BCUT2D eigenvalue weighted by Gasteiger charge is 2.27. The van der Waals surface area contributed by atoms with Gasteiger partial charge in [0, 0.05) is 18.2 Å². The molecule has 7 heteroatoms. The normalized spacial score (nSPS) is 20.2. The Balaban J connectivity index is 1.61. The van der Waals surface area contributed by atoms with E-state index >= 15 is 0 Å². The predicted octanol–water partition coefficient (Wildman–Crippen LogP) is 0.933. The second-order valence-electron chi connectivity index (χ2n) is 4.16. The summed E-state index contributed by atoms with van der Waals surface area (Å²) in [5.41, 5.74) is 0.637. The van der Waals surface area contributed by atoms with E-state index in [-0.39, 0.29) is 30.3 Å². The van der Waals surface area contributed by atoms with Crippen molar-refractivity contribution in [2.45, 2.75) is 11.7 Å². The number of carbonyl (C=O) groups excluding carboxylic acids is 2. The van der Waals surface area contributed by atoms with Gasteiger partial charge >= 0.3 is 0 Å². The van der Waals surface area contributed by atoms with Crippen LogP contribution >= 0.6 is 11.8 Å². The van der Waals surface area contributed by atoms with Gasteiger partial charge in [-0.25, -0.2) is 0 Å². The van der Waals surface area contributed by atoms with Crippen LogP contribution in [0.3, 0.4) is 0 Å². The number of thioether (sulfide) groups is 1. The summed E-state index contributed by atoms with van der Waals surface area (Å²) in [6, 6.07) is 5.20. The molecule has 1 fully saturated rings. The van der Waals surface area contributed by atoms with Crippen LogP contribution in [0.25, 0.3) is 0 Å². The molecule has 6 nitrogen and oxygen atoms in total. The van der Waals surface area contributed by atoms with Gasteiger partial charge in [0.15, 0.2) is 11.5 Å². The molecular weight excluding hydrogens is 268 g/mol. The summed E-state index contributed by atoms with van der Waals surface area (Å²) in [6.07, 6.45) is 0.172. The third-order valence-corrected chi connectivity index (χ3v) is 3.94. The van der Waals surface area contributed by atoms with Gasteiger partial charge < -0.3 is 20.1 Å². The maximum Gasteiger partial charge on any atom is 0.234 e. The Hall–Kier alpha value is -1.89. The van der Waals surface area contributed by atoms with Crippen LogP contribution in [0.2, 0.25) is 0 Å². The summed E-state index contributed by atoms with van der Waals surface area (Å²) in [5, 5.41) is 5.13. The van der Waals surface area contributed by atoms with E-state index in [0.717, 1.165) is 0 Å². The Bertz CT molecular complexity index is 534. The van der Waals surface area contributed by atoms with Crippen LogP contribution in [0, 0.1) is 0 Å². The van der Waals surface area contributed by atoms with Crippen LogP contribution in [0.1, 0.15) is 6.42 Å². The molecule has 1 saturated heterocycles. The monoisotopic (exact) mass is 280 g/mol. The lowest BCUT2D eigenvalue weighted by atomic mass is 10.2. The second-order valence-corrected chi connectivity index (χ2v) is 5.35. The third-order valence-electron chi connectivity index (χ3n) is 2.85. The number of benzene rings is 1. The van der Waals surface area contributed by atoms with Crippen LogP contribution in [-0.4, -0.2) is 29.7 Å². The first-order valence-corrected chi connectivity index (χ1v) is 6.86. The summed E-state index contributed by atoms with van der Waals surface area (Å²) in [7, 11) is 0. The van der Waals surface area contributed by atoms with Gasteiger partial charge in [-0.15, -0.1) is 11.8 Å². The van der Waals surface area contributed by atoms with E-state index in [4.69, 9.17) is 9.47 Å². The Morgan fingerprint density at radius 1 is 1.42 bits per heavy atom. The minimum atomic E-state index is -0.297. The first-order valence-electron chi connectivity index (χ1n) is 5.81. The van der Waals surface area contributed by atoms with Gasteiger partial charge in [-0.3, -0.25) is 9.59 Å². The number of hydrogen-bond donors (Lipinski definition) is 2. The minimum absolute atomic E-state index is 0.0779. The number of nitrogens with one attached hydrogen (secondary N) is 2. The molecule has 0 aliphatic carbocycles. The average Bonchev–Trinajstić information content (AvgIpc) is 2.98. The van der Waals surface area contributed by atoms with Crippen LogP contribution in [0.4, 0.5) is 5.69 Å². The van der Waals surface area contributed by atoms with Crippen molar-refractivity contribution in [1.29, 1.82) is 0 Å². The minimum Gasteiger partial charge on any atom is -0.454 e. The highest BCUT2D eigenvalue weighted by molar-refractivity contribution is 8.01. The molecule has 1 unspecified atom stereocenters. The molecule has 1 atom stereocenters. The molecule has 3 rings (SSSR count). The fraction of sp³-hybridized carbons (Fsp3) is 0.333. The van der Waals surface area contributed by atoms with E-state index in [2.05, 4.69) is 10.6 Å². The SMILES string of the molecule is O=C(CC1SCNC1=O)Nc1ccc2c(c1)OCO2. The van der Waals surface area contributed by atoms with Crippen molar-refractivity contribution in [2.24, 2.45) is 0 Å². The molecule has 2 aliphatic heterocycles. The first-order chi connectivity index (χ1) is 9.22. The maximum atomic E-state index is 11.8. The highest BCUT2D eigenvalue weighted by Crippen LogP contribution is 2.34. The van der Waals surface area contributed by atoms with E-state index in [0.29, 0.717) is 23.1 Å². The molecule has 100 valence electrons. The number of fused-ring (bicyclic) bond motifs is 1. The molecule has 2 N–H and O–H groups in total. The Morgan fingerprint density at radius 2 is 2.26 bits per heavy atom. The molecule has 2 heterocycles. The van der Waals surface area contributed by atoms with Crippen molar-refractivity contribution in [3.8, 4) is 11.5 Å². The largest absolute Gasteiger partial charge is 0.454 e. The summed E-state index contributed by atoms with van der Waals surface area (Å²) in [6.45, 7) is 0.200. The second kappa shape index (κ2) is 5.00. The summed E-state index contributed by atoms with van der Waals surface area (Å²) >= 11 is 1.44. The van der Waals surface area contributed by atoms with Gasteiger partial charge in [-0.2, -0.15) is 0 Å². The van der Waals surface area contributed by atoms with E-state index in [9.17, 15) is 9.59 Å². The lowest BCUT2D eigenvalue weighted by molar-refractivity contribution is -0.123. The lowest BCUT2D eigenvalue weighted by Gasteiger charge is -2.08. The van der Waals surface area contributed by atoms with E-state index in [1.54, 1.807) is 18.2 Å². The van der Waals surface area contributed by atoms with Crippen molar-refractivity contribution in [3.63, 3.8) is 0 Å². The molecule has 0 bridgehead atoms. The Morgan fingerprint density at radius 3 is 3.05 bits per heavy atom. The fourth-order valence-corrected chi connectivity index (χ4v) is 2.84. The predicted molar refractivity (Wildman–Crippen MR) is 70.2 cm³/mol. The zero-order chi connectivity index (χ0) is 13.2. The van der Waals surface area contributed by atoms with Crippen LogP contribution in [0.15, 0.2) is 18.2 Å². The number of hydrogen-bond acceptors (Lipinski definition) is 5. The summed E-state index contributed by atoms with van der Waals surface area (Å²) < 4.78 is 10.4. The van der Waals surface area contributed by atoms with Gasteiger partial charge in [0.2, 0.25) is 18.6 Å². The lowest BCUT2D eigenvalue weighted by Crippen LogP contribution is -2.26. The van der Waals surface area contributed by atoms with Crippen molar-refractivity contribution in [1.82, 2.24) is 5.32 Å². The van der Waals surface area contributed by atoms with Gasteiger partial charge in [-0.05, 0) is 12.1 Å². The summed E-state index contributed by atoms with van der Waals surface area (Å²) in [5.74, 6) is 1.59. The molecule has 2 amide bonds. The van der Waals surface area contributed by atoms with Crippen LogP contribution in [-0.2, 0) is 9.59 Å². The van der Waals surface area contributed by atoms with Crippen molar-refractivity contribution >= 4 is 29.3 Å². The summed E-state index contributed by atoms with van der Waals surface area (Å²) in [4.78, 5) is 23.2. The molecule has 0 radical (unpaired) electrons. The highest BCUT2D eigenvalue weighted by atomic mass is 32.2. The van der Waals surface area contributed by atoms with Gasteiger partial charge in [0.05, 0.1) is 11.1 Å². The first kappa shape index (κ1) is 12.2. The van der Waals surface area contributed by atoms with Crippen molar-refractivity contribution in [2.75, 3.05) is 18.0 Å². The number of amides is 2. The number of anilines is 1. The Labute approximate surface area is 113 Å². The van der Waals surface area contributed by atoms with Crippen molar-refractivity contribution in [3.05, 3.63) is 18.2 Å². The van der Waals surface area contributed by atoms with Crippen molar-refractivity contribution < 1.29 is 19.1 Å². The molecule has 1 aromatic rings. The van der Waals surface area contributed by atoms with Crippen LogP contribution < -0.4 is 20.1 Å². The van der Waals surface area contributed by atoms with Gasteiger partial charge in [0.1, 0.15) is 0 Å². The fourth-order valence-electron chi connectivity index (χ4n) is 1.91. The molecular formula is C12H12N2O4S. The van der Waals surface area contributed by atoms with E-state index < -0.39 is 0 Å². The molecule has 1 aromatic carbocycles. The standard InChI is InChI=1S/C12H12N2O4S/c15-11(4-10-12(16)13-5-19-10)14-7-1-2-8-9(3-7)18-6-17-8/h1-3,10H,4-6H2,(H,13,16)(H,14,15). The topological polar surface area (TPSA) is 76.7 Å².